The van der Waals surface area contributed by atoms with Gasteiger partial charge in [0.1, 0.15) is 0 Å². The fourth-order valence-electron chi connectivity index (χ4n) is 1.94. The van der Waals surface area contributed by atoms with Gasteiger partial charge in [0.2, 0.25) is 0 Å². The summed E-state index contributed by atoms with van der Waals surface area (Å²) in [7, 11) is 0. The minimum absolute atomic E-state index is 0.0744. The molecule has 1 aromatic carbocycles. The number of nitrogens with one attached hydrogen (secondary N) is 1. The van der Waals surface area contributed by atoms with Gasteiger partial charge >= 0.3 is 0 Å². The van der Waals surface area contributed by atoms with Crippen LogP contribution >= 0.6 is 0 Å². The van der Waals surface area contributed by atoms with Crippen LogP contribution in [0.2, 0.25) is 0 Å². The molecule has 3 rings (SSSR count). The molecule has 0 aliphatic rings. The van der Waals surface area contributed by atoms with Crippen molar-refractivity contribution in [3.63, 3.8) is 0 Å². The van der Waals surface area contributed by atoms with E-state index in [9.17, 15) is 0 Å². The quantitative estimate of drug-likeness (QED) is 0.710. The Morgan fingerprint density at radius 3 is 2.72 bits per heavy atom. The van der Waals surface area contributed by atoms with E-state index < -0.39 is 0 Å². The normalized spacial score (nSPS) is 12.2. The van der Waals surface area contributed by atoms with Crippen LogP contribution in [0.5, 0.6) is 0 Å². The topological polar surface area (TPSA) is 46.5 Å². The number of aromatic amines is 1. The van der Waals surface area contributed by atoms with Crippen LogP contribution in [-0.4, -0.2) is 20.0 Å². The molecule has 0 bridgehead atoms. The molecule has 0 radical (unpaired) electrons. The van der Waals surface area contributed by atoms with Gasteiger partial charge in [-0.05, 0) is 24.3 Å². The van der Waals surface area contributed by atoms with Gasteiger partial charge in [-0.15, -0.1) is 0 Å². The van der Waals surface area contributed by atoms with E-state index in [1.807, 2.05) is 29.2 Å². The number of H-pyrrole nitrogens is 1. The summed E-state index contributed by atoms with van der Waals surface area (Å²) in [6.45, 7) is 6.50. The standard InChI is InChI=1S/C14H16N4/c1-14(2,3)13-6-7-18(17-13)11-4-5-12-10(8-11)9-15-16-12/h4-9H,1-3H3,(H,15,16). The summed E-state index contributed by atoms with van der Waals surface area (Å²) < 4.78 is 1.91. The maximum absolute atomic E-state index is 4.63. The Kier molecular flexibility index (Phi) is 2.26. The lowest BCUT2D eigenvalue weighted by molar-refractivity contribution is 0.560. The Balaban J connectivity index is 2.06. The number of aromatic nitrogens is 4. The van der Waals surface area contributed by atoms with Crippen LogP contribution in [0.15, 0.2) is 36.7 Å². The minimum Gasteiger partial charge on any atom is -0.278 e. The fourth-order valence-corrected chi connectivity index (χ4v) is 1.94. The van der Waals surface area contributed by atoms with Crippen molar-refractivity contribution < 1.29 is 0 Å². The van der Waals surface area contributed by atoms with Crippen molar-refractivity contribution in [3.05, 3.63) is 42.4 Å². The molecule has 2 aromatic heterocycles. The van der Waals surface area contributed by atoms with Crippen molar-refractivity contribution in [3.8, 4) is 5.69 Å². The van der Waals surface area contributed by atoms with Crippen LogP contribution in [-0.2, 0) is 5.41 Å². The molecule has 1 N–H and O–H groups in total. The molecule has 92 valence electrons. The SMILES string of the molecule is CC(C)(C)c1ccn(-c2ccc3[nH]ncc3c2)n1. The zero-order chi connectivity index (χ0) is 12.8. The van der Waals surface area contributed by atoms with E-state index in [1.54, 1.807) is 0 Å². The van der Waals surface area contributed by atoms with E-state index in [-0.39, 0.29) is 5.41 Å². The van der Waals surface area contributed by atoms with Crippen LogP contribution in [0.4, 0.5) is 0 Å². The molecule has 0 fully saturated rings. The molecule has 3 aromatic rings. The average molecular weight is 240 g/mol. The van der Waals surface area contributed by atoms with Gasteiger partial charge in [0.15, 0.2) is 0 Å². The Morgan fingerprint density at radius 2 is 2.00 bits per heavy atom. The van der Waals surface area contributed by atoms with Crippen molar-refractivity contribution in [2.75, 3.05) is 0 Å². The predicted octanol–water partition coefficient (Wildman–Crippen LogP) is 3.05. The van der Waals surface area contributed by atoms with Gasteiger partial charge in [-0.25, -0.2) is 4.68 Å². The average Bonchev–Trinajstić information content (AvgIpc) is 2.96. The summed E-state index contributed by atoms with van der Waals surface area (Å²) in [6.07, 6.45) is 3.83. The second kappa shape index (κ2) is 3.70. The smallest absolute Gasteiger partial charge is 0.0682 e. The van der Waals surface area contributed by atoms with Gasteiger partial charge < -0.3 is 0 Å². The lowest BCUT2D eigenvalue weighted by Gasteiger charge is -2.14. The molecule has 0 unspecified atom stereocenters. The molecule has 0 spiro atoms. The molecule has 0 atom stereocenters. The van der Waals surface area contributed by atoms with Crippen molar-refractivity contribution in [1.82, 2.24) is 20.0 Å². The van der Waals surface area contributed by atoms with Crippen molar-refractivity contribution in [2.24, 2.45) is 0 Å². The first kappa shape index (κ1) is 11.0. The van der Waals surface area contributed by atoms with Gasteiger partial charge in [0.25, 0.3) is 0 Å². The third-order valence-electron chi connectivity index (χ3n) is 3.05. The molecule has 0 saturated carbocycles. The lowest BCUT2D eigenvalue weighted by atomic mass is 9.93. The maximum atomic E-state index is 4.63. The summed E-state index contributed by atoms with van der Waals surface area (Å²) in [5.74, 6) is 0. The number of hydrogen-bond acceptors (Lipinski definition) is 2. The number of nitrogens with zero attached hydrogens (tertiary/aromatic N) is 3. The van der Waals surface area contributed by atoms with Crippen LogP contribution in [0.3, 0.4) is 0 Å². The molecule has 0 aliphatic heterocycles. The largest absolute Gasteiger partial charge is 0.278 e. The number of rotatable bonds is 1. The van der Waals surface area contributed by atoms with E-state index in [0.29, 0.717) is 0 Å². The van der Waals surface area contributed by atoms with Crippen LogP contribution in [0.25, 0.3) is 16.6 Å². The molecule has 2 heterocycles. The molecule has 0 saturated heterocycles. The van der Waals surface area contributed by atoms with Crippen LogP contribution in [0, 0.1) is 0 Å². The molecule has 0 amide bonds. The summed E-state index contributed by atoms with van der Waals surface area (Å²) in [4.78, 5) is 0. The molecule has 4 nitrogen and oxygen atoms in total. The highest BCUT2D eigenvalue weighted by Gasteiger charge is 2.17. The number of benzene rings is 1. The second-order valence-electron chi connectivity index (χ2n) is 5.54. The monoisotopic (exact) mass is 240 g/mol. The van der Waals surface area contributed by atoms with E-state index in [0.717, 1.165) is 22.3 Å². The van der Waals surface area contributed by atoms with Gasteiger partial charge in [0.05, 0.1) is 23.1 Å². The molecule has 18 heavy (non-hydrogen) atoms. The van der Waals surface area contributed by atoms with Gasteiger partial charge in [0, 0.05) is 17.0 Å². The molecule has 0 aliphatic carbocycles. The minimum atomic E-state index is 0.0744. The third kappa shape index (κ3) is 1.79. The Labute approximate surface area is 106 Å². The van der Waals surface area contributed by atoms with E-state index >= 15 is 0 Å². The van der Waals surface area contributed by atoms with Crippen LogP contribution in [0.1, 0.15) is 26.5 Å². The predicted molar refractivity (Wildman–Crippen MR) is 71.9 cm³/mol. The third-order valence-corrected chi connectivity index (χ3v) is 3.05. The fraction of sp³-hybridized carbons (Fsp3) is 0.286. The molecular weight excluding hydrogens is 224 g/mol. The number of hydrogen-bond donors (Lipinski definition) is 1. The Hall–Kier alpha value is -2.10. The molecule has 4 heteroatoms. The zero-order valence-corrected chi connectivity index (χ0v) is 10.8. The highest BCUT2D eigenvalue weighted by molar-refractivity contribution is 5.80. The van der Waals surface area contributed by atoms with Crippen molar-refractivity contribution in [2.45, 2.75) is 26.2 Å². The van der Waals surface area contributed by atoms with Gasteiger partial charge in [-0.1, -0.05) is 20.8 Å². The Bertz CT molecular complexity index is 685. The highest BCUT2D eigenvalue weighted by Crippen LogP contribution is 2.22. The lowest BCUT2D eigenvalue weighted by Crippen LogP contribution is -2.12. The summed E-state index contributed by atoms with van der Waals surface area (Å²) in [6, 6.07) is 8.22. The van der Waals surface area contributed by atoms with Gasteiger partial charge in [-0.3, -0.25) is 5.10 Å². The van der Waals surface area contributed by atoms with Crippen molar-refractivity contribution in [1.29, 1.82) is 0 Å². The first-order valence-electron chi connectivity index (χ1n) is 6.04. The van der Waals surface area contributed by atoms with E-state index in [1.165, 1.54) is 0 Å². The van der Waals surface area contributed by atoms with E-state index in [2.05, 4.69) is 48.2 Å². The summed E-state index contributed by atoms with van der Waals surface area (Å²) >= 11 is 0. The van der Waals surface area contributed by atoms with E-state index in [4.69, 9.17) is 0 Å². The second-order valence-corrected chi connectivity index (χ2v) is 5.54. The van der Waals surface area contributed by atoms with Crippen molar-refractivity contribution >= 4 is 10.9 Å². The summed E-state index contributed by atoms with van der Waals surface area (Å²) in [5.41, 5.74) is 3.27. The molecular formula is C14H16N4. The highest BCUT2D eigenvalue weighted by atomic mass is 15.3. The first-order valence-corrected chi connectivity index (χ1v) is 6.04. The zero-order valence-electron chi connectivity index (χ0n) is 10.8. The van der Waals surface area contributed by atoms with Gasteiger partial charge in [-0.2, -0.15) is 10.2 Å². The maximum Gasteiger partial charge on any atom is 0.0682 e. The number of fused-ring (bicyclic) bond motifs is 1. The Morgan fingerprint density at radius 1 is 1.17 bits per heavy atom. The summed E-state index contributed by atoms with van der Waals surface area (Å²) in [5, 5.41) is 12.7. The first-order chi connectivity index (χ1) is 8.54. The van der Waals surface area contributed by atoms with Crippen LogP contribution < -0.4 is 0 Å².